The summed E-state index contributed by atoms with van der Waals surface area (Å²) in [7, 11) is 0. The van der Waals surface area contributed by atoms with Crippen LogP contribution in [0.25, 0.3) is 0 Å². The predicted molar refractivity (Wildman–Crippen MR) is 55.5 cm³/mol. The van der Waals surface area contributed by atoms with Gasteiger partial charge in [-0.15, -0.1) is 0 Å². The van der Waals surface area contributed by atoms with Gasteiger partial charge in [0.15, 0.2) is 11.6 Å². The third kappa shape index (κ3) is 1.62. The first-order valence-electron chi connectivity index (χ1n) is 4.44. The van der Waals surface area contributed by atoms with Gasteiger partial charge in [0.2, 0.25) is 0 Å². The van der Waals surface area contributed by atoms with Crippen LogP contribution >= 0.6 is 12.2 Å². The summed E-state index contributed by atoms with van der Waals surface area (Å²) < 4.78 is 25.6. The van der Waals surface area contributed by atoms with Crippen molar-refractivity contribution in [2.24, 2.45) is 0 Å². The minimum atomic E-state index is -0.822. The molecule has 2 rings (SSSR count). The van der Waals surface area contributed by atoms with Crippen LogP contribution in [0.1, 0.15) is 12.8 Å². The average molecular weight is 213 g/mol. The molecule has 0 unspecified atom stereocenters. The van der Waals surface area contributed by atoms with Crippen LogP contribution in [0.15, 0.2) is 18.2 Å². The number of hydrogen-bond acceptors (Lipinski definition) is 1. The molecule has 74 valence electrons. The summed E-state index contributed by atoms with van der Waals surface area (Å²) >= 11 is 5.11. The third-order valence-electron chi connectivity index (χ3n) is 2.29. The predicted octanol–water partition coefficient (Wildman–Crippen LogP) is 2.89. The van der Waals surface area contributed by atoms with Gasteiger partial charge in [-0.2, -0.15) is 0 Å². The fourth-order valence-electron chi connectivity index (χ4n) is 1.57. The molecule has 1 heterocycles. The summed E-state index contributed by atoms with van der Waals surface area (Å²) in [5, 5.41) is 0. The summed E-state index contributed by atoms with van der Waals surface area (Å²) in [6, 6.07) is 3.87. The summed E-state index contributed by atoms with van der Waals surface area (Å²) in [4.78, 5) is 2.65. The molecule has 1 nitrogen and oxygen atoms in total. The molecule has 1 aliphatic heterocycles. The molecule has 0 spiro atoms. The summed E-state index contributed by atoms with van der Waals surface area (Å²) in [6.07, 6.45) is 1.84. The molecule has 0 saturated carbocycles. The highest BCUT2D eigenvalue weighted by Crippen LogP contribution is 2.23. The van der Waals surface area contributed by atoms with Gasteiger partial charge >= 0.3 is 0 Å². The summed E-state index contributed by atoms with van der Waals surface area (Å²) in [6.45, 7) is 0.796. The number of anilines is 1. The molecule has 1 aliphatic rings. The van der Waals surface area contributed by atoms with Crippen molar-refractivity contribution in [3.05, 3.63) is 29.8 Å². The molecular weight excluding hydrogens is 204 g/mol. The van der Waals surface area contributed by atoms with E-state index in [2.05, 4.69) is 0 Å². The average Bonchev–Trinajstić information content (AvgIpc) is 2.57. The second-order valence-electron chi connectivity index (χ2n) is 3.25. The molecular formula is C10H9F2NS. The minimum absolute atomic E-state index is 0.645. The van der Waals surface area contributed by atoms with E-state index in [1.807, 2.05) is 4.90 Å². The van der Waals surface area contributed by atoms with Crippen molar-refractivity contribution < 1.29 is 8.78 Å². The maximum atomic E-state index is 12.9. The Morgan fingerprint density at radius 2 is 2.00 bits per heavy atom. The first-order valence-corrected chi connectivity index (χ1v) is 4.85. The summed E-state index contributed by atoms with van der Waals surface area (Å²) in [5.41, 5.74) is 0.645. The number of hydrogen-bond donors (Lipinski definition) is 0. The lowest BCUT2D eigenvalue weighted by molar-refractivity contribution is 0.509. The lowest BCUT2D eigenvalue weighted by Crippen LogP contribution is -2.22. The van der Waals surface area contributed by atoms with E-state index < -0.39 is 11.6 Å². The molecule has 0 aromatic heterocycles. The van der Waals surface area contributed by atoms with Crippen LogP contribution in [0.4, 0.5) is 14.5 Å². The SMILES string of the molecule is Fc1ccc(N2CCCC2=S)cc1F. The van der Waals surface area contributed by atoms with E-state index in [9.17, 15) is 8.78 Å². The van der Waals surface area contributed by atoms with Crippen LogP contribution in [0.5, 0.6) is 0 Å². The quantitative estimate of drug-likeness (QED) is 0.660. The van der Waals surface area contributed by atoms with Gasteiger partial charge in [0, 0.05) is 18.3 Å². The molecule has 1 aromatic carbocycles. The Bertz CT molecular complexity index is 378. The molecule has 1 fully saturated rings. The summed E-state index contributed by atoms with van der Waals surface area (Å²) in [5.74, 6) is -1.64. The van der Waals surface area contributed by atoms with E-state index in [1.165, 1.54) is 6.07 Å². The first-order chi connectivity index (χ1) is 6.68. The molecule has 0 atom stereocenters. The molecule has 1 saturated heterocycles. The second kappa shape index (κ2) is 3.61. The van der Waals surface area contributed by atoms with Gasteiger partial charge in [0.25, 0.3) is 0 Å². The Balaban J connectivity index is 2.32. The lowest BCUT2D eigenvalue weighted by atomic mass is 10.3. The maximum absolute atomic E-state index is 12.9. The van der Waals surface area contributed by atoms with E-state index in [-0.39, 0.29) is 0 Å². The standard InChI is InChI=1S/C10H9F2NS/c11-8-4-3-7(6-9(8)12)13-5-1-2-10(13)14/h3-4,6H,1-2,5H2. The van der Waals surface area contributed by atoms with Crippen LogP contribution in [-0.4, -0.2) is 11.5 Å². The molecule has 4 heteroatoms. The maximum Gasteiger partial charge on any atom is 0.160 e. The van der Waals surface area contributed by atoms with E-state index in [0.717, 1.165) is 30.4 Å². The van der Waals surface area contributed by atoms with Crippen LogP contribution in [0.2, 0.25) is 0 Å². The molecule has 0 N–H and O–H groups in total. The van der Waals surface area contributed by atoms with Crippen molar-refractivity contribution in [1.82, 2.24) is 0 Å². The highest BCUT2D eigenvalue weighted by molar-refractivity contribution is 7.80. The lowest BCUT2D eigenvalue weighted by Gasteiger charge is -2.17. The number of halogens is 2. The minimum Gasteiger partial charge on any atom is -0.336 e. The van der Waals surface area contributed by atoms with Crippen LogP contribution in [0.3, 0.4) is 0 Å². The van der Waals surface area contributed by atoms with Gasteiger partial charge in [0.1, 0.15) is 0 Å². The topological polar surface area (TPSA) is 3.24 Å². The van der Waals surface area contributed by atoms with Crippen molar-refractivity contribution in [2.45, 2.75) is 12.8 Å². The molecule has 14 heavy (non-hydrogen) atoms. The van der Waals surface area contributed by atoms with Crippen LogP contribution < -0.4 is 4.90 Å². The second-order valence-corrected chi connectivity index (χ2v) is 3.72. The normalized spacial score (nSPS) is 16.4. The van der Waals surface area contributed by atoms with Gasteiger partial charge in [-0.1, -0.05) is 12.2 Å². The monoisotopic (exact) mass is 213 g/mol. The zero-order valence-electron chi connectivity index (χ0n) is 7.46. The van der Waals surface area contributed by atoms with E-state index in [1.54, 1.807) is 6.07 Å². The Kier molecular flexibility index (Phi) is 2.46. The van der Waals surface area contributed by atoms with Gasteiger partial charge in [-0.3, -0.25) is 0 Å². The molecule has 0 amide bonds. The Hall–Kier alpha value is -1.03. The molecule has 0 bridgehead atoms. The van der Waals surface area contributed by atoms with Crippen LogP contribution in [0, 0.1) is 11.6 Å². The highest BCUT2D eigenvalue weighted by Gasteiger charge is 2.19. The Morgan fingerprint density at radius 3 is 2.57 bits per heavy atom. The Morgan fingerprint density at radius 1 is 1.21 bits per heavy atom. The molecule has 0 aliphatic carbocycles. The van der Waals surface area contributed by atoms with Gasteiger partial charge in [-0.05, 0) is 25.0 Å². The highest BCUT2D eigenvalue weighted by atomic mass is 32.1. The van der Waals surface area contributed by atoms with Crippen LogP contribution in [-0.2, 0) is 0 Å². The van der Waals surface area contributed by atoms with Gasteiger partial charge in [-0.25, -0.2) is 8.78 Å². The van der Waals surface area contributed by atoms with E-state index >= 15 is 0 Å². The Labute approximate surface area is 86.3 Å². The fourth-order valence-corrected chi connectivity index (χ4v) is 1.92. The number of nitrogens with zero attached hydrogens (tertiary/aromatic N) is 1. The number of thiocarbonyl (C=S) groups is 1. The van der Waals surface area contributed by atoms with Crippen molar-refractivity contribution in [2.75, 3.05) is 11.4 Å². The van der Waals surface area contributed by atoms with E-state index in [4.69, 9.17) is 12.2 Å². The van der Waals surface area contributed by atoms with Crippen molar-refractivity contribution in [3.63, 3.8) is 0 Å². The fraction of sp³-hybridized carbons (Fsp3) is 0.300. The smallest absolute Gasteiger partial charge is 0.160 e. The number of rotatable bonds is 1. The first kappa shape index (κ1) is 9.52. The molecule has 1 aromatic rings. The van der Waals surface area contributed by atoms with Crippen molar-refractivity contribution >= 4 is 22.9 Å². The zero-order valence-corrected chi connectivity index (χ0v) is 8.28. The third-order valence-corrected chi connectivity index (χ3v) is 2.71. The molecule has 0 radical (unpaired) electrons. The van der Waals surface area contributed by atoms with Gasteiger partial charge in [0.05, 0.1) is 4.99 Å². The largest absolute Gasteiger partial charge is 0.336 e. The van der Waals surface area contributed by atoms with E-state index in [0.29, 0.717) is 5.69 Å². The van der Waals surface area contributed by atoms with Crippen molar-refractivity contribution in [1.29, 1.82) is 0 Å². The van der Waals surface area contributed by atoms with Gasteiger partial charge < -0.3 is 4.90 Å². The zero-order chi connectivity index (χ0) is 10.1. The number of benzene rings is 1. The van der Waals surface area contributed by atoms with Crippen molar-refractivity contribution in [3.8, 4) is 0 Å².